The Hall–Kier alpha value is -3.22. The standard InChI is InChI=1S/C14H9N3O4/c18-8-11-7-16(15-14(11)10-5-6-21-9-10)12-3-1-2-4-13(12)17(19)20/h1-9H. The minimum Gasteiger partial charge on any atom is -0.472 e. The fourth-order valence-corrected chi connectivity index (χ4v) is 2.03. The second kappa shape index (κ2) is 5.04. The summed E-state index contributed by atoms with van der Waals surface area (Å²) in [6, 6.07) is 7.86. The van der Waals surface area contributed by atoms with Crippen molar-refractivity contribution in [2.24, 2.45) is 0 Å². The van der Waals surface area contributed by atoms with Crippen LogP contribution in [0.4, 0.5) is 5.69 Å². The van der Waals surface area contributed by atoms with Gasteiger partial charge in [-0.25, -0.2) is 4.68 Å². The molecule has 2 aromatic heterocycles. The zero-order chi connectivity index (χ0) is 14.8. The van der Waals surface area contributed by atoms with E-state index in [0.29, 0.717) is 28.8 Å². The van der Waals surface area contributed by atoms with Crippen LogP contribution >= 0.6 is 0 Å². The largest absolute Gasteiger partial charge is 0.472 e. The number of furan rings is 1. The number of nitro groups is 1. The minimum atomic E-state index is -0.491. The molecular weight excluding hydrogens is 274 g/mol. The van der Waals surface area contributed by atoms with Crippen LogP contribution in [0.3, 0.4) is 0 Å². The number of nitrogens with zero attached hydrogens (tertiary/aromatic N) is 3. The predicted octanol–water partition coefficient (Wildman–Crippen LogP) is 2.85. The molecule has 7 heteroatoms. The summed E-state index contributed by atoms with van der Waals surface area (Å²) >= 11 is 0. The van der Waals surface area contributed by atoms with Crippen LogP contribution in [0.5, 0.6) is 0 Å². The number of hydrogen-bond acceptors (Lipinski definition) is 5. The van der Waals surface area contributed by atoms with Crippen LogP contribution in [0.25, 0.3) is 16.9 Å². The Balaban J connectivity index is 2.17. The summed E-state index contributed by atoms with van der Waals surface area (Å²) in [5, 5.41) is 15.3. The van der Waals surface area contributed by atoms with E-state index in [4.69, 9.17) is 4.42 Å². The molecule has 104 valence electrons. The lowest BCUT2D eigenvalue weighted by molar-refractivity contribution is -0.384. The first kappa shape index (κ1) is 12.8. The van der Waals surface area contributed by atoms with Gasteiger partial charge in [0.05, 0.1) is 23.0 Å². The molecular formula is C14H9N3O4. The second-order valence-electron chi connectivity index (χ2n) is 4.25. The molecule has 0 aliphatic heterocycles. The van der Waals surface area contributed by atoms with Crippen molar-refractivity contribution in [3.05, 3.63) is 64.7 Å². The molecule has 0 unspecified atom stereocenters. The average Bonchev–Trinajstić information content (AvgIpc) is 3.15. The zero-order valence-electron chi connectivity index (χ0n) is 10.7. The van der Waals surface area contributed by atoms with Gasteiger partial charge in [0.2, 0.25) is 0 Å². The third-order valence-electron chi connectivity index (χ3n) is 2.99. The van der Waals surface area contributed by atoms with Gasteiger partial charge in [0, 0.05) is 17.8 Å². The Morgan fingerprint density at radius 3 is 2.76 bits per heavy atom. The van der Waals surface area contributed by atoms with Gasteiger partial charge in [-0.1, -0.05) is 12.1 Å². The number of carbonyl (C=O) groups is 1. The van der Waals surface area contributed by atoms with Gasteiger partial charge in [-0.2, -0.15) is 5.10 Å². The molecule has 0 saturated carbocycles. The Morgan fingerprint density at radius 1 is 1.29 bits per heavy atom. The van der Waals surface area contributed by atoms with Crippen molar-refractivity contribution in [3.63, 3.8) is 0 Å². The highest BCUT2D eigenvalue weighted by molar-refractivity contribution is 5.85. The first-order valence-electron chi connectivity index (χ1n) is 6.02. The Kier molecular flexibility index (Phi) is 3.07. The maximum atomic E-state index is 11.2. The van der Waals surface area contributed by atoms with Crippen molar-refractivity contribution in [1.82, 2.24) is 9.78 Å². The molecule has 3 rings (SSSR count). The van der Waals surface area contributed by atoms with Crippen LogP contribution in [0.1, 0.15) is 10.4 Å². The fourth-order valence-electron chi connectivity index (χ4n) is 2.03. The first-order chi connectivity index (χ1) is 10.2. The lowest BCUT2D eigenvalue weighted by atomic mass is 10.2. The van der Waals surface area contributed by atoms with Gasteiger partial charge in [0.25, 0.3) is 5.69 Å². The molecule has 21 heavy (non-hydrogen) atoms. The molecule has 0 N–H and O–H groups in total. The number of rotatable bonds is 4. The number of carbonyl (C=O) groups excluding carboxylic acids is 1. The molecule has 0 radical (unpaired) electrons. The van der Waals surface area contributed by atoms with Crippen LogP contribution in [-0.4, -0.2) is 21.0 Å². The molecule has 3 aromatic rings. The van der Waals surface area contributed by atoms with E-state index in [1.54, 1.807) is 24.3 Å². The van der Waals surface area contributed by atoms with E-state index < -0.39 is 4.92 Å². The molecule has 0 aliphatic carbocycles. The van der Waals surface area contributed by atoms with Crippen molar-refractivity contribution in [2.75, 3.05) is 0 Å². The van der Waals surface area contributed by atoms with Gasteiger partial charge >= 0.3 is 0 Å². The minimum absolute atomic E-state index is 0.0869. The monoisotopic (exact) mass is 283 g/mol. The summed E-state index contributed by atoms with van der Waals surface area (Å²) in [7, 11) is 0. The number of aldehydes is 1. The van der Waals surface area contributed by atoms with Crippen LogP contribution in [-0.2, 0) is 0 Å². The summed E-state index contributed by atoms with van der Waals surface area (Å²) in [5.74, 6) is 0. The van der Waals surface area contributed by atoms with E-state index in [2.05, 4.69) is 5.10 Å². The lowest BCUT2D eigenvalue weighted by Crippen LogP contribution is -2.00. The molecule has 0 saturated heterocycles. The average molecular weight is 283 g/mol. The second-order valence-corrected chi connectivity index (χ2v) is 4.25. The summed E-state index contributed by atoms with van der Waals surface area (Å²) in [6.07, 6.45) is 5.03. The highest BCUT2D eigenvalue weighted by Crippen LogP contribution is 2.26. The van der Waals surface area contributed by atoms with Crippen molar-refractivity contribution >= 4 is 12.0 Å². The van der Waals surface area contributed by atoms with E-state index in [0.717, 1.165) is 0 Å². The number of aromatic nitrogens is 2. The number of hydrogen-bond donors (Lipinski definition) is 0. The number of para-hydroxylation sites is 2. The van der Waals surface area contributed by atoms with Gasteiger partial charge in [-0.3, -0.25) is 14.9 Å². The lowest BCUT2D eigenvalue weighted by Gasteiger charge is -2.01. The zero-order valence-corrected chi connectivity index (χ0v) is 10.7. The van der Waals surface area contributed by atoms with Gasteiger partial charge in [0.15, 0.2) is 6.29 Å². The summed E-state index contributed by atoms with van der Waals surface area (Å²) in [4.78, 5) is 21.7. The van der Waals surface area contributed by atoms with Gasteiger partial charge in [-0.05, 0) is 12.1 Å². The Morgan fingerprint density at radius 2 is 2.10 bits per heavy atom. The Bertz CT molecular complexity index is 806. The van der Waals surface area contributed by atoms with E-state index >= 15 is 0 Å². The van der Waals surface area contributed by atoms with E-state index in [1.807, 2.05) is 0 Å². The molecule has 1 aromatic carbocycles. The highest BCUT2D eigenvalue weighted by atomic mass is 16.6. The van der Waals surface area contributed by atoms with Crippen molar-refractivity contribution in [3.8, 4) is 16.9 Å². The smallest absolute Gasteiger partial charge is 0.294 e. The molecule has 0 fully saturated rings. The molecule has 0 amide bonds. The summed E-state index contributed by atoms with van der Waals surface area (Å²) in [6.45, 7) is 0. The third-order valence-corrected chi connectivity index (χ3v) is 2.99. The van der Waals surface area contributed by atoms with Crippen molar-refractivity contribution in [1.29, 1.82) is 0 Å². The molecule has 2 heterocycles. The molecule has 0 aliphatic rings. The van der Waals surface area contributed by atoms with Crippen LogP contribution in [0, 0.1) is 10.1 Å². The maximum absolute atomic E-state index is 11.2. The molecule has 0 atom stereocenters. The van der Waals surface area contributed by atoms with Gasteiger partial charge < -0.3 is 4.42 Å². The fraction of sp³-hybridized carbons (Fsp3) is 0. The Labute approximate surface area is 118 Å². The van der Waals surface area contributed by atoms with Crippen LogP contribution in [0.2, 0.25) is 0 Å². The summed E-state index contributed by atoms with van der Waals surface area (Å²) < 4.78 is 6.30. The van der Waals surface area contributed by atoms with E-state index in [9.17, 15) is 14.9 Å². The van der Waals surface area contributed by atoms with Crippen LogP contribution in [0.15, 0.2) is 53.5 Å². The maximum Gasteiger partial charge on any atom is 0.294 e. The number of nitro benzene ring substituents is 1. The van der Waals surface area contributed by atoms with Crippen molar-refractivity contribution in [2.45, 2.75) is 0 Å². The van der Waals surface area contributed by atoms with E-state index in [-0.39, 0.29) is 5.69 Å². The third kappa shape index (κ3) is 2.20. The molecule has 7 nitrogen and oxygen atoms in total. The molecule has 0 bridgehead atoms. The van der Waals surface area contributed by atoms with Gasteiger partial charge in [0.1, 0.15) is 11.4 Å². The topological polar surface area (TPSA) is 91.2 Å². The highest BCUT2D eigenvalue weighted by Gasteiger charge is 2.18. The summed E-state index contributed by atoms with van der Waals surface area (Å²) in [5.41, 5.74) is 1.58. The normalized spacial score (nSPS) is 10.5. The predicted molar refractivity (Wildman–Crippen MR) is 73.3 cm³/mol. The molecule has 0 spiro atoms. The SMILES string of the molecule is O=Cc1cn(-c2ccccc2[N+](=O)[O-])nc1-c1ccoc1. The van der Waals surface area contributed by atoms with Crippen molar-refractivity contribution < 1.29 is 14.1 Å². The quantitative estimate of drug-likeness (QED) is 0.417. The van der Waals surface area contributed by atoms with Crippen LogP contribution < -0.4 is 0 Å². The first-order valence-corrected chi connectivity index (χ1v) is 6.02. The van der Waals surface area contributed by atoms with E-state index in [1.165, 1.54) is 29.5 Å². The van der Waals surface area contributed by atoms with Gasteiger partial charge in [-0.15, -0.1) is 0 Å². The number of benzene rings is 1.